The number of benzene rings is 3. The van der Waals surface area contributed by atoms with Crippen LogP contribution in [0.3, 0.4) is 0 Å². The molecule has 2 aliphatic heterocycles. The van der Waals surface area contributed by atoms with Crippen LogP contribution in [0.2, 0.25) is 0 Å². The molecule has 3 aromatic carbocycles. The van der Waals surface area contributed by atoms with Crippen molar-refractivity contribution in [3.8, 4) is 39.6 Å². The summed E-state index contributed by atoms with van der Waals surface area (Å²) in [4.78, 5) is 67.7. The number of rotatable bonds is 11. The number of halogens is 2. The lowest BCUT2D eigenvalue weighted by Crippen LogP contribution is -2.51. The molecule has 10 rings (SSSR count). The number of fused-ring (bicyclic) bond motifs is 6. The summed E-state index contributed by atoms with van der Waals surface area (Å²) in [5, 5.41) is 15.5. The van der Waals surface area contributed by atoms with E-state index in [2.05, 4.69) is 26.7 Å². The van der Waals surface area contributed by atoms with Crippen LogP contribution in [0.25, 0.3) is 44.4 Å². The molecule has 0 unspecified atom stereocenters. The van der Waals surface area contributed by atoms with Gasteiger partial charge in [0.15, 0.2) is 0 Å². The maximum absolute atomic E-state index is 16.7. The van der Waals surface area contributed by atoms with Crippen molar-refractivity contribution >= 4 is 34.9 Å². The summed E-state index contributed by atoms with van der Waals surface area (Å²) < 4.78 is 43.0. The minimum atomic E-state index is -3.29. The average Bonchev–Trinajstić information content (AvgIpc) is 3.98. The standard InChI is InChI=1S/C50H52F2N8O6/c1-26(2)42(58-48(64)66-4)46(62)59-25-49(15-16-49)23-41(59)44-54-24-40(56-44)29-11-14-34-33-13-10-27(19-35(33)50(51,52)36(34)20-29)28-7-8-30-22-39(55-38(30)21-28)43-31-9-12-32(18-31)60(43)45(61)37(6-5-17-53)57-47(63)65-3/h7-8,10-11,13-14,19-22,24,26,31-32,37,41-43,55H,5-6,9,12,15-16,18,23,25H2,1-4H3,(H,54,56)(H,57,63)(H,58,64)/t31-,32+,37-,41-,42-,43-/m0/s1. The number of imidazole rings is 1. The van der Waals surface area contributed by atoms with E-state index in [0.29, 0.717) is 40.3 Å². The highest BCUT2D eigenvalue weighted by molar-refractivity contribution is 5.90. The van der Waals surface area contributed by atoms with Crippen molar-refractivity contribution in [3.63, 3.8) is 0 Å². The van der Waals surface area contributed by atoms with Gasteiger partial charge in [0.25, 0.3) is 5.92 Å². The van der Waals surface area contributed by atoms with Crippen LogP contribution < -0.4 is 10.6 Å². The molecule has 14 nitrogen and oxygen atoms in total. The first-order valence-corrected chi connectivity index (χ1v) is 22.8. The third-order valence-electron chi connectivity index (χ3n) is 14.8. The number of alkyl halides is 2. The number of aromatic amines is 2. The zero-order valence-electron chi connectivity index (χ0n) is 37.3. The summed E-state index contributed by atoms with van der Waals surface area (Å²) >= 11 is 0. The van der Waals surface area contributed by atoms with Crippen molar-refractivity contribution in [1.82, 2.24) is 35.4 Å². The SMILES string of the molecule is COC(=O)N[C@@H](CCC#N)C(=O)N1[C@@H]2CC[C@@H](C2)[C@H]1c1cc2ccc(-c3ccc4c(c3)C(F)(F)c3cc(-c5cnc([C@@H]6CC7(CC7)CN6C(=O)[C@@H](NC(=O)OC)C(C)C)[nH]5)ccc3-4)cc2[nH]1. The molecule has 2 saturated carbocycles. The van der Waals surface area contributed by atoms with Crippen molar-refractivity contribution in [2.24, 2.45) is 17.3 Å². The second kappa shape index (κ2) is 16.3. The maximum atomic E-state index is 16.7. The molecule has 4 fully saturated rings. The second-order valence-corrected chi connectivity index (χ2v) is 19.2. The molecule has 3 aliphatic carbocycles. The van der Waals surface area contributed by atoms with Crippen molar-refractivity contribution in [2.75, 3.05) is 20.8 Å². The number of carbonyl (C=O) groups is 4. The van der Waals surface area contributed by atoms with E-state index in [-0.39, 0.29) is 71.2 Å². The van der Waals surface area contributed by atoms with Crippen molar-refractivity contribution in [3.05, 3.63) is 89.5 Å². The highest BCUT2D eigenvalue weighted by atomic mass is 19.3. The normalized spacial score (nSPS) is 22.5. The molecule has 2 bridgehead atoms. The van der Waals surface area contributed by atoms with Crippen LogP contribution in [0, 0.1) is 28.6 Å². The molecule has 342 valence electrons. The van der Waals surface area contributed by atoms with Gasteiger partial charge in [-0.05, 0) is 114 Å². The van der Waals surface area contributed by atoms with Crippen LogP contribution in [-0.2, 0) is 25.0 Å². The molecular weight excluding hydrogens is 847 g/mol. The number of alkyl carbamates (subject to hydrolysis) is 2. The van der Waals surface area contributed by atoms with Gasteiger partial charge in [-0.3, -0.25) is 9.59 Å². The van der Waals surface area contributed by atoms with E-state index in [9.17, 15) is 24.4 Å². The van der Waals surface area contributed by atoms with E-state index < -0.39 is 30.2 Å². The van der Waals surface area contributed by atoms with Crippen LogP contribution in [0.5, 0.6) is 0 Å². The molecule has 4 N–H and O–H groups in total. The number of hydrogen-bond acceptors (Lipinski definition) is 8. The number of hydrogen-bond donors (Lipinski definition) is 4. The van der Waals surface area contributed by atoms with Gasteiger partial charge >= 0.3 is 12.2 Å². The number of nitrogens with one attached hydrogen (secondary N) is 4. The summed E-state index contributed by atoms with van der Waals surface area (Å²) in [6.07, 6.45) is 5.88. The van der Waals surface area contributed by atoms with Gasteiger partial charge < -0.3 is 39.9 Å². The van der Waals surface area contributed by atoms with Crippen LogP contribution >= 0.6 is 0 Å². The number of piperidine rings is 1. The van der Waals surface area contributed by atoms with Crippen LogP contribution in [-0.4, -0.2) is 87.6 Å². The minimum absolute atomic E-state index is 0.00609. The summed E-state index contributed by atoms with van der Waals surface area (Å²) in [6.45, 7) is 4.29. The number of ether oxygens (including phenoxy) is 2. The molecule has 16 heteroatoms. The summed E-state index contributed by atoms with van der Waals surface area (Å²) in [5.74, 6) is -3.13. The van der Waals surface area contributed by atoms with E-state index in [1.165, 1.54) is 20.3 Å². The minimum Gasteiger partial charge on any atom is -0.453 e. The number of nitriles is 1. The zero-order chi connectivity index (χ0) is 46.2. The smallest absolute Gasteiger partial charge is 0.407 e. The fourth-order valence-electron chi connectivity index (χ4n) is 11.2. The molecule has 5 aromatic rings. The number of aromatic nitrogens is 3. The zero-order valence-corrected chi connectivity index (χ0v) is 37.3. The lowest BCUT2D eigenvalue weighted by atomic mass is 9.94. The third kappa shape index (κ3) is 7.32. The lowest BCUT2D eigenvalue weighted by Gasteiger charge is -2.37. The van der Waals surface area contributed by atoms with E-state index in [0.717, 1.165) is 60.7 Å². The van der Waals surface area contributed by atoms with Crippen LogP contribution in [0.4, 0.5) is 18.4 Å². The Hall–Kier alpha value is -6.76. The first-order valence-electron chi connectivity index (χ1n) is 22.8. The van der Waals surface area contributed by atoms with Gasteiger partial charge in [-0.15, -0.1) is 0 Å². The van der Waals surface area contributed by atoms with Crippen molar-refractivity contribution < 1.29 is 37.4 Å². The van der Waals surface area contributed by atoms with Gasteiger partial charge in [0.05, 0.1) is 44.3 Å². The van der Waals surface area contributed by atoms with Crippen molar-refractivity contribution in [1.29, 1.82) is 5.26 Å². The molecule has 2 aromatic heterocycles. The monoisotopic (exact) mass is 898 g/mol. The van der Waals surface area contributed by atoms with Gasteiger partial charge in [0.2, 0.25) is 11.8 Å². The summed E-state index contributed by atoms with van der Waals surface area (Å²) in [5.41, 5.74) is 4.91. The molecule has 4 heterocycles. The summed E-state index contributed by atoms with van der Waals surface area (Å²) in [6, 6.07) is 17.9. The Kier molecular flexibility index (Phi) is 10.6. The molecule has 0 radical (unpaired) electrons. The molecular formula is C50H52F2N8O6. The summed E-state index contributed by atoms with van der Waals surface area (Å²) in [7, 11) is 2.50. The largest absolute Gasteiger partial charge is 0.453 e. The van der Waals surface area contributed by atoms with E-state index in [1.807, 2.05) is 55.1 Å². The molecule has 6 atom stereocenters. The second-order valence-electron chi connectivity index (χ2n) is 19.2. The van der Waals surface area contributed by atoms with E-state index in [1.54, 1.807) is 29.3 Å². The number of amides is 4. The molecule has 5 aliphatic rings. The number of methoxy groups -OCH3 is 2. The number of carbonyl (C=O) groups excluding carboxylic acids is 4. The Morgan fingerprint density at radius 3 is 2.27 bits per heavy atom. The number of nitrogens with zero attached hydrogens (tertiary/aromatic N) is 4. The Bertz CT molecular complexity index is 2830. The van der Waals surface area contributed by atoms with Gasteiger partial charge in [-0.25, -0.2) is 14.6 Å². The van der Waals surface area contributed by atoms with Crippen LogP contribution in [0.1, 0.15) is 99.9 Å². The number of likely N-dealkylation sites (tertiary alicyclic amines) is 2. The van der Waals surface area contributed by atoms with E-state index in [4.69, 9.17) is 14.5 Å². The molecule has 1 spiro atoms. The maximum Gasteiger partial charge on any atom is 0.407 e. The highest BCUT2D eigenvalue weighted by Crippen LogP contribution is 2.59. The first-order chi connectivity index (χ1) is 31.7. The molecule has 4 amide bonds. The van der Waals surface area contributed by atoms with Crippen molar-refractivity contribution in [2.45, 2.75) is 101 Å². The number of H-pyrrole nitrogens is 2. The molecule has 2 saturated heterocycles. The lowest BCUT2D eigenvalue weighted by molar-refractivity contribution is -0.138. The Balaban J connectivity index is 0.892. The average molecular weight is 899 g/mol. The van der Waals surface area contributed by atoms with Gasteiger partial charge in [0, 0.05) is 46.9 Å². The van der Waals surface area contributed by atoms with Gasteiger partial charge in [0.1, 0.15) is 17.9 Å². The Morgan fingerprint density at radius 2 is 1.58 bits per heavy atom. The van der Waals surface area contributed by atoms with E-state index >= 15 is 8.78 Å². The van der Waals surface area contributed by atoms with Gasteiger partial charge in [-0.1, -0.05) is 50.2 Å². The molecule has 66 heavy (non-hydrogen) atoms. The Labute approximate surface area is 380 Å². The van der Waals surface area contributed by atoms with Gasteiger partial charge in [-0.2, -0.15) is 14.0 Å². The Morgan fingerprint density at radius 1 is 0.894 bits per heavy atom. The fourth-order valence-corrected chi connectivity index (χ4v) is 11.2. The topological polar surface area (TPSA) is 186 Å². The predicted molar refractivity (Wildman–Crippen MR) is 240 cm³/mol. The first kappa shape index (κ1) is 43.1. The highest BCUT2D eigenvalue weighted by Gasteiger charge is 2.55. The third-order valence-corrected chi connectivity index (χ3v) is 14.8. The van der Waals surface area contributed by atoms with Crippen LogP contribution in [0.15, 0.2) is 66.9 Å². The fraction of sp³-hybridized carbons (Fsp3) is 0.440. The predicted octanol–water partition coefficient (Wildman–Crippen LogP) is 8.86. The quantitative estimate of drug-likeness (QED) is 0.101.